The lowest BCUT2D eigenvalue weighted by Gasteiger charge is -2.31. The number of thioether (sulfide) groups is 1. The minimum atomic E-state index is -0.769. The molecule has 1 aliphatic heterocycles. The standard InChI is InChI=1S/C20H19N5O3S/c1-4-29-20-21-18(28)17-14-8-5-6-9-15(14)24(13(3)27)19(25(17)22-20)16-10-7-11-23(16)12(2)26/h5-11,19H,4H2,1-3H3/p+1/t19-/m0/s1. The molecule has 1 atom stereocenters. The van der Waals surface area contributed by atoms with E-state index in [9.17, 15) is 14.4 Å². The fourth-order valence-corrected chi connectivity index (χ4v) is 4.26. The number of H-pyrrole nitrogens is 1. The monoisotopic (exact) mass is 410 g/mol. The van der Waals surface area contributed by atoms with Crippen LogP contribution < -0.4 is 15.1 Å². The molecule has 3 heterocycles. The molecular formula is C20H20N5O3S+. The number of hydrogen-bond acceptors (Lipinski definition) is 5. The van der Waals surface area contributed by atoms with Crippen molar-refractivity contribution in [2.45, 2.75) is 32.1 Å². The van der Waals surface area contributed by atoms with Gasteiger partial charge in [-0.1, -0.05) is 30.8 Å². The van der Waals surface area contributed by atoms with Gasteiger partial charge in [-0.25, -0.2) is 4.90 Å². The number of benzene rings is 1. The minimum Gasteiger partial charge on any atom is -0.291 e. The smallest absolute Gasteiger partial charge is 0.291 e. The van der Waals surface area contributed by atoms with Crippen LogP contribution in [0.15, 0.2) is 52.5 Å². The van der Waals surface area contributed by atoms with Gasteiger partial charge < -0.3 is 0 Å². The summed E-state index contributed by atoms with van der Waals surface area (Å²) >= 11 is 1.40. The van der Waals surface area contributed by atoms with Gasteiger partial charge in [0.1, 0.15) is 5.69 Å². The van der Waals surface area contributed by atoms with Gasteiger partial charge in [0.2, 0.25) is 17.0 Å². The van der Waals surface area contributed by atoms with Crippen molar-refractivity contribution < 1.29 is 14.3 Å². The molecule has 0 radical (unpaired) electrons. The van der Waals surface area contributed by atoms with Crippen LogP contribution in [0.1, 0.15) is 37.4 Å². The van der Waals surface area contributed by atoms with Crippen molar-refractivity contribution >= 4 is 29.3 Å². The molecule has 0 unspecified atom stereocenters. The summed E-state index contributed by atoms with van der Waals surface area (Å²) in [6.45, 7) is 4.88. The van der Waals surface area contributed by atoms with E-state index in [0.717, 1.165) is 5.75 Å². The normalized spacial score (nSPS) is 15.0. The SMILES string of the molecule is CCSc1n[n+]2c(c(=O)[nH]1)-c1ccccc1N(C(C)=O)[C@@H]2c1cccn1C(C)=O. The van der Waals surface area contributed by atoms with Gasteiger partial charge in [-0.05, 0) is 34.7 Å². The van der Waals surface area contributed by atoms with E-state index in [1.54, 1.807) is 40.0 Å². The average molecular weight is 410 g/mol. The Morgan fingerprint density at radius 2 is 1.93 bits per heavy atom. The zero-order chi connectivity index (χ0) is 20.7. The molecular weight excluding hydrogens is 390 g/mol. The lowest BCUT2D eigenvalue weighted by atomic mass is 10.0. The third-order valence-corrected chi connectivity index (χ3v) is 5.51. The first-order chi connectivity index (χ1) is 13.9. The molecule has 1 aliphatic rings. The number of aromatic amines is 1. The number of nitrogens with one attached hydrogen (secondary N) is 1. The van der Waals surface area contributed by atoms with Gasteiger partial charge in [0.05, 0.1) is 11.3 Å². The molecule has 9 heteroatoms. The molecule has 1 aromatic carbocycles. The van der Waals surface area contributed by atoms with Crippen LogP contribution >= 0.6 is 11.8 Å². The first-order valence-corrected chi connectivity index (χ1v) is 10.2. The van der Waals surface area contributed by atoms with E-state index < -0.39 is 6.17 Å². The Kier molecular flexibility index (Phi) is 4.83. The summed E-state index contributed by atoms with van der Waals surface area (Å²) in [7, 11) is 0. The quantitative estimate of drug-likeness (QED) is 0.528. The van der Waals surface area contributed by atoms with Crippen molar-refractivity contribution in [2.75, 3.05) is 10.7 Å². The van der Waals surface area contributed by atoms with Crippen molar-refractivity contribution in [3.8, 4) is 11.3 Å². The largest absolute Gasteiger partial charge is 0.325 e. The molecule has 0 spiro atoms. The van der Waals surface area contributed by atoms with Crippen LogP contribution in [0, 0.1) is 0 Å². The summed E-state index contributed by atoms with van der Waals surface area (Å²) in [6, 6.07) is 10.7. The molecule has 2 aromatic heterocycles. The molecule has 1 N–H and O–H groups in total. The molecule has 0 aliphatic carbocycles. The lowest BCUT2D eigenvalue weighted by molar-refractivity contribution is -0.763. The second kappa shape index (κ2) is 7.32. The Morgan fingerprint density at radius 1 is 1.17 bits per heavy atom. The molecule has 0 saturated heterocycles. The molecule has 148 valence electrons. The molecule has 3 aromatic rings. The van der Waals surface area contributed by atoms with Gasteiger partial charge in [-0.3, -0.25) is 23.9 Å². The zero-order valence-corrected chi connectivity index (χ0v) is 17.1. The van der Waals surface area contributed by atoms with Crippen LogP contribution in [-0.2, 0) is 4.79 Å². The topological polar surface area (TPSA) is 91.9 Å². The van der Waals surface area contributed by atoms with Crippen molar-refractivity contribution in [3.63, 3.8) is 0 Å². The number of fused-ring (bicyclic) bond motifs is 3. The van der Waals surface area contributed by atoms with Crippen LogP contribution in [0.2, 0.25) is 0 Å². The van der Waals surface area contributed by atoms with Gasteiger partial charge in [-0.15, -0.1) is 0 Å². The second-order valence-electron chi connectivity index (χ2n) is 6.59. The van der Waals surface area contributed by atoms with Gasteiger partial charge >= 0.3 is 17.4 Å². The minimum absolute atomic E-state index is 0.192. The van der Waals surface area contributed by atoms with E-state index in [4.69, 9.17) is 0 Å². The molecule has 8 nitrogen and oxygen atoms in total. The summed E-state index contributed by atoms with van der Waals surface area (Å²) < 4.78 is 3.02. The van der Waals surface area contributed by atoms with Crippen LogP contribution in [-0.4, -0.2) is 32.2 Å². The Balaban J connectivity index is 2.09. The number of nitrogens with zero attached hydrogens (tertiary/aromatic N) is 4. The summed E-state index contributed by atoms with van der Waals surface area (Å²) in [5, 5.41) is 5.09. The van der Waals surface area contributed by atoms with Crippen molar-refractivity contribution in [1.82, 2.24) is 14.6 Å². The van der Waals surface area contributed by atoms with Gasteiger partial charge in [-0.2, -0.15) is 0 Å². The van der Waals surface area contributed by atoms with E-state index in [0.29, 0.717) is 27.8 Å². The Morgan fingerprint density at radius 3 is 2.62 bits per heavy atom. The number of para-hydroxylation sites is 1. The van der Waals surface area contributed by atoms with Gasteiger partial charge in [0.25, 0.3) is 0 Å². The number of anilines is 1. The highest BCUT2D eigenvalue weighted by molar-refractivity contribution is 7.99. The highest BCUT2D eigenvalue weighted by atomic mass is 32.2. The Labute approximate surface area is 171 Å². The Bertz CT molecular complexity index is 1180. The second-order valence-corrected chi connectivity index (χ2v) is 7.84. The van der Waals surface area contributed by atoms with Crippen LogP contribution in [0.4, 0.5) is 5.69 Å². The van der Waals surface area contributed by atoms with E-state index >= 15 is 0 Å². The number of rotatable bonds is 3. The van der Waals surface area contributed by atoms with E-state index in [2.05, 4.69) is 10.1 Å². The highest BCUT2D eigenvalue weighted by Gasteiger charge is 2.46. The third-order valence-electron chi connectivity index (χ3n) is 4.76. The predicted molar refractivity (Wildman–Crippen MR) is 109 cm³/mol. The highest BCUT2D eigenvalue weighted by Crippen LogP contribution is 2.37. The van der Waals surface area contributed by atoms with Gasteiger partial charge in [0.15, 0.2) is 0 Å². The number of carbonyl (C=O) groups excluding carboxylic acids is 2. The summed E-state index contributed by atoms with van der Waals surface area (Å²) in [6.07, 6.45) is 0.876. The lowest BCUT2D eigenvalue weighted by Crippen LogP contribution is -2.61. The van der Waals surface area contributed by atoms with E-state index in [-0.39, 0.29) is 17.4 Å². The average Bonchev–Trinajstić information content (AvgIpc) is 3.16. The maximum atomic E-state index is 13.0. The van der Waals surface area contributed by atoms with E-state index in [1.165, 1.54) is 30.2 Å². The van der Waals surface area contributed by atoms with Crippen LogP contribution in [0.3, 0.4) is 0 Å². The molecule has 29 heavy (non-hydrogen) atoms. The third kappa shape index (κ3) is 3.07. The van der Waals surface area contributed by atoms with Crippen molar-refractivity contribution in [3.05, 3.63) is 58.6 Å². The number of hydrogen-bond donors (Lipinski definition) is 1. The first kappa shape index (κ1) is 19.1. The van der Waals surface area contributed by atoms with Crippen LogP contribution in [0.25, 0.3) is 11.3 Å². The molecule has 0 saturated carbocycles. The van der Waals surface area contributed by atoms with Crippen LogP contribution in [0.5, 0.6) is 0 Å². The molecule has 0 fully saturated rings. The molecule has 1 amide bonds. The number of amides is 1. The summed E-state index contributed by atoms with van der Waals surface area (Å²) in [5.74, 6) is 0.315. The van der Waals surface area contributed by atoms with Crippen molar-refractivity contribution in [2.24, 2.45) is 0 Å². The molecule has 0 bridgehead atoms. The molecule has 4 rings (SSSR count). The fourth-order valence-electron chi connectivity index (χ4n) is 3.67. The zero-order valence-electron chi connectivity index (χ0n) is 16.2. The Hall–Kier alpha value is -3.20. The fraction of sp³-hybridized carbons (Fsp3) is 0.250. The van der Waals surface area contributed by atoms with Crippen molar-refractivity contribution in [1.29, 1.82) is 0 Å². The first-order valence-electron chi connectivity index (χ1n) is 9.20. The maximum Gasteiger partial charge on any atom is 0.325 e. The summed E-state index contributed by atoms with van der Waals surface area (Å²) in [4.78, 5) is 42.4. The number of carbonyl (C=O) groups is 2. The number of aromatic nitrogens is 4. The van der Waals surface area contributed by atoms with Gasteiger partial charge in [0, 0.05) is 25.1 Å². The maximum absolute atomic E-state index is 13.0. The predicted octanol–water partition coefficient (Wildman–Crippen LogP) is 2.21. The summed E-state index contributed by atoms with van der Waals surface area (Å²) in [5.41, 5.74) is 1.82. The van der Waals surface area contributed by atoms with E-state index in [1.807, 2.05) is 19.1 Å².